The number of benzene rings is 2. The summed E-state index contributed by atoms with van der Waals surface area (Å²) in [4.78, 5) is 46.8. The number of rotatable bonds is 7. The Balaban J connectivity index is 1.32. The minimum atomic E-state index is -0.875. The predicted octanol–water partition coefficient (Wildman–Crippen LogP) is 4.27. The van der Waals surface area contributed by atoms with E-state index in [1.54, 1.807) is 25.7 Å². The first-order valence-electron chi connectivity index (χ1n) is 14.1. The van der Waals surface area contributed by atoms with Crippen molar-refractivity contribution in [2.75, 3.05) is 6.54 Å². The minimum Gasteiger partial charge on any atom is -0.444 e. The summed E-state index contributed by atoms with van der Waals surface area (Å²) in [6, 6.07) is 16.2. The molecule has 0 saturated carbocycles. The highest BCUT2D eigenvalue weighted by molar-refractivity contribution is 7.80. The summed E-state index contributed by atoms with van der Waals surface area (Å²) in [7, 11) is 0. The Hall–Kier alpha value is -3.92. The number of para-hydroxylation sites is 1. The Labute approximate surface area is 245 Å². The van der Waals surface area contributed by atoms with Gasteiger partial charge in [-0.25, -0.2) is 4.79 Å². The molecule has 1 unspecified atom stereocenters. The lowest BCUT2D eigenvalue weighted by molar-refractivity contribution is -0.133. The first kappa shape index (κ1) is 28.6. The molecule has 0 bridgehead atoms. The average molecular weight is 576 g/mol. The molecule has 3 amide bonds. The van der Waals surface area contributed by atoms with Gasteiger partial charge in [0.05, 0.1) is 12.6 Å². The van der Waals surface area contributed by atoms with E-state index in [1.807, 2.05) is 60.8 Å². The number of hydrogen-bond donors (Lipinski definition) is 3. The highest BCUT2D eigenvalue weighted by atomic mass is 32.1. The first-order chi connectivity index (χ1) is 19.6. The van der Waals surface area contributed by atoms with Crippen LogP contribution in [0.2, 0.25) is 0 Å². The lowest BCUT2D eigenvalue weighted by Gasteiger charge is -2.48. The fourth-order valence-corrected chi connectivity index (χ4v) is 6.04. The van der Waals surface area contributed by atoms with Crippen LogP contribution < -0.4 is 10.6 Å². The summed E-state index contributed by atoms with van der Waals surface area (Å²) in [5.41, 5.74) is 2.17. The van der Waals surface area contributed by atoms with E-state index in [4.69, 9.17) is 17.0 Å². The first-order valence-corrected chi connectivity index (χ1v) is 14.5. The molecule has 10 heteroatoms. The molecule has 216 valence electrons. The molecule has 0 aliphatic carbocycles. The van der Waals surface area contributed by atoms with Gasteiger partial charge in [-0.1, -0.05) is 48.5 Å². The van der Waals surface area contributed by atoms with Crippen LogP contribution in [-0.4, -0.2) is 68.1 Å². The van der Waals surface area contributed by atoms with Crippen molar-refractivity contribution in [1.29, 1.82) is 0 Å². The number of piperidine rings is 1. The zero-order chi connectivity index (χ0) is 29.1. The van der Waals surface area contributed by atoms with Crippen LogP contribution in [0.4, 0.5) is 4.79 Å². The zero-order valence-corrected chi connectivity index (χ0v) is 24.5. The number of aromatic amines is 1. The molecular formula is C31H37N5O4S. The van der Waals surface area contributed by atoms with Crippen molar-refractivity contribution < 1.29 is 19.1 Å². The number of nitrogens with one attached hydrogen (secondary N) is 3. The topological polar surface area (TPSA) is 107 Å². The van der Waals surface area contributed by atoms with Gasteiger partial charge in [-0.3, -0.25) is 14.5 Å². The van der Waals surface area contributed by atoms with Crippen molar-refractivity contribution in [3.05, 3.63) is 71.9 Å². The van der Waals surface area contributed by atoms with E-state index in [0.717, 1.165) is 35.0 Å². The van der Waals surface area contributed by atoms with Crippen LogP contribution in [-0.2, 0) is 27.3 Å². The molecule has 2 aliphatic heterocycles. The van der Waals surface area contributed by atoms with Crippen LogP contribution >= 0.6 is 12.2 Å². The lowest BCUT2D eigenvalue weighted by Crippen LogP contribution is -2.65. The van der Waals surface area contributed by atoms with Crippen LogP contribution in [0.1, 0.15) is 51.2 Å². The number of fused-ring (bicyclic) bond motifs is 2. The van der Waals surface area contributed by atoms with Crippen LogP contribution in [0, 0.1) is 0 Å². The van der Waals surface area contributed by atoms with E-state index in [9.17, 15) is 14.4 Å². The number of thiocarbonyl (C=S) groups is 1. The summed E-state index contributed by atoms with van der Waals surface area (Å²) >= 11 is 5.79. The van der Waals surface area contributed by atoms with E-state index in [-0.39, 0.29) is 36.7 Å². The number of carbonyl (C=O) groups is 3. The molecule has 3 N–H and O–H groups in total. The number of alkyl carbamates (subject to hydrolysis) is 1. The SMILES string of the molecule is CC(C)(C)OC(=O)NC(Cc1c[nH]c2ccccc12)C(=O)N[C@H]1CCCN2C(=S)N(Cc3ccccc3)C(=O)C[C@H]12. The average Bonchev–Trinajstić information content (AvgIpc) is 3.33. The van der Waals surface area contributed by atoms with Crippen molar-refractivity contribution in [2.24, 2.45) is 0 Å². The second-order valence-electron chi connectivity index (χ2n) is 11.7. The van der Waals surface area contributed by atoms with Crippen molar-refractivity contribution in [2.45, 2.75) is 76.7 Å². The van der Waals surface area contributed by atoms with E-state index in [1.165, 1.54) is 0 Å². The molecular weight excluding hydrogens is 538 g/mol. The van der Waals surface area contributed by atoms with E-state index >= 15 is 0 Å². The molecule has 41 heavy (non-hydrogen) atoms. The van der Waals surface area contributed by atoms with Gasteiger partial charge in [0.1, 0.15) is 11.6 Å². The lowest BCUT2D eigenvalue weighted by atomic mass is 9.91. The Kier molecular flexibility index (Phi) is 8.30. The fourth-order valence-electron chi connectivity index (χ4n) is 5.65. The number of carbonyl (C=O) groups excluding carboxylic acids is 3. The Bertz CT molecular complexity index is 1430. The Morgan fingerprint density at radius 2 is 1.85 bits per heavy atom. The number of ether oxygens (including phenoxy) is 1. The maximum atomic E-state index is 13.8. The smallest absolute Gasteiger partial charge is 0.408 e. The number of nitrogens with zero attached hydrogens (tertiary/aromatic N) is 2. The van der Waals surface area contributed by atoms with Crippen LogP contribution in [0.3, 0.4) is 0 Å². The summed E-state index contributed by atoms with van der Waals surface area (Å²) in [6.07, 6.45) is 3.27. The van der Waals surface area contributed by atoms with Gasteiger partial charge in [-0.2, -0.15) is 0 Å². The van der Waals surface area contributed by atoms with Gasteiger partial charge in [0.15, 0.2) is 5.11 Å². The van der Waals surface area contributed by atoms with E-state index in [2.05, 4.69) is 20.5 Å². The second-order valence-corrected chi connectivity index (χ2v) is 12.1. The molecule has 9 nitrogen and oxygen atoms in total. The van der Waals surface area contributed by atoms with Crippen molar-refractivity contribution in [3.63, 3.8) is 0 Å². The van der Waals surface area contributed by atoms with Crippen LogP contribution in [0.25, 0.3) is 10.9 Å². The minimum absolute atomic E-state index is 0.0523. The summed E-state index contributed by atoms with van der Waals surface area (Å²) in [6.45, 7) is 6.49. The third-order valence-corrected chi connectivity index (χ3v) is 8.01. The molecule has 0 spiro atoms. The molecule has 2 saturated heterocycles. The van der Waals surface area contributed by atoms with Crippen LogP contribution in [0.15, 0.2) is 60.8 Å². The van der Waals surface area contributed by atoms with Gasteiger partial charge < -0.3 is 25.3 Å². The van der Waals surface area contributed by atoms with Crippen molar-refractivity contribution >= 4 is 46.1 Å². The Morgan fingerprint density at radius 1 is 1.12 bits per heavy atom. The monoisotopic (exact) mass is 575 g/mol. The maximum Gasteiger partial charge on any atom is 0.408 e. The molecule has 2 fully saturated rings. The summed E-state index contributed by atoms with van der Waals surface area (Å²) in [5.74, 6) is -0.374. The molecule has 2 aliphatic rings. The normalized spacial score (nSPS) is 20.0. The number of aromatic nitrogens is 1. The van der Waals surface area contributed by atoms with E-state index < -0.39 is 17.7 Å². The number of hydrogen-bond acceptors (Lipinski definition) is 5. The molecule has 3 heterocycles. The third kappa shape index (κ3) is 6.70. The van der Waals surface area contributed by atoms with Gasteiger partial charge in [0, 0.05) is 42.5 Å². The quantitative estimate of drug-likeness (QED) is 0.364. The third-order valence-electron chi connectivity index (χ3n) is 7.56. The largest absolute Gasteiger partial charge is 0.444 e. The zero-order valence-electron chi connectivity index (χ0n) is 23.7. The molecule has 1 aromatic heterocycles. The fraction of sp³-hybridized carbons (Fsp3) is 0.419. The molecule has 3 aromatic rings. The van der Waals surface area contributed by atoms with Gasteiger partial charge in [-0.05, 0) is 63.0 Å². The van der Waals surface area contributed by atoms with Crippen LogP contribution in [0.5, 0.6) is 0 Å². The highest BCUT2D eigenvalue weighted by Crippen LogP contribution is 2.28. The molecule has 3 atom stereocenters. The molecule has 0 radical (unpaired) electrons. The van der Waals surface area contributed by atoms with E-state index in [0.29, 0.717) is 18.1 Å². The van der Waals surface area contributed by atoms with Gasteiger partial charge in [-0.15, -0.1) is 0 Å². The maximum absolute atomic E-state index is 13.8. The highest BCUT2D eigenvalue weighted by Gasteiger charge is 2.43. The van der Waals surface area contributed by atoms with Crippen molar-refractivity contribution in [3.8, 4) is 0 Å². The number of H-pyrrole nitrogens is 1. The van der Waals surface area contributed by atoms with Gasteiger partial charge in [0.25, 0.3) is 0 Å². The van der Waals surface area contributed by atoms with Crippen molar-refractivity contribution in [1.82, 2.24) is 25.4 Å². The molecule has 2 aromatic carbocycles. The predicted molar refractivity (Wildman–Crippen MR) is 161 cm³/mol. The van der Waals surface area contributed by atoms with Gasteiger partial charge >= 0.3 is 6.09 Å². The molecule has 5 rings (SSSR count). The summed E-state index contributed by atoms with van der Waals surface area (Å²) in [5, 5.41) is 7.43. The second kappa shape index (κ2) is 11.9. The number of amides is 3. The van der Waals surface area contributed by atoms with Gasteiger partial charge in [0.2, 0.25) is 11.8 Å². The Morgan fingerprint density at radius 3 is 2.61 bits per heavy atom. The summed E-state index contributed by atoms with van der Waals surface area (Å²) < 4.78 is 5.48. The standard InChI is InChI=1S/C31H37N5O4S/c1-31(2,3)40-29(39)34-25(16-21-18-32-23-13-8-7-12-22(21)23)28(38)33-24-14-9-15-35-26(24)17-27(37)36(30(35)41)19-20-10-5-4-6-11-20/h4-8,10-13,18,24-26,32H,9,14-17,19H2,1-3H3,(H,33,38)(H,34,39)/t24-,25?,26+/m0/s1.